The Balaban J connectivity index is 1.54. The van der Waals surface area contributed by atoms with E-state index in [1.165, 1.54) is 0 Å². The van der Waals surface area contributed by atoms with Crippen LogP contribution in [-0.4, -0.2) is 39.5 Å². The van der Waals surface area contributed by atoms with Crippen molar-refractivity contribution < 1.29 is 9.53 Å². The molecule has 0 fully saturated rings. The predicted molar refractivity (Wildman–Crippen MR) is 103 cm³/mol. The molecule has 0 aliphatic rings. The molecule has 0 amide bonds. The predicted octanol–water partition coefficient (Wildman–Crippen LogP) is 3.11. The summed E-state index contributed by atoms with van der Waals surface area (Å²) < 4.78 is 7.22. The lowest BCUT2D eigenvalue weighted by molar-refractivity contribution is -0.143. The minimum atomic E-state index is -0.350. The summed E-state index contributed by atoms with van der Waals surface area (Å²) in [6, 6.07) is 13.1. The van der Waals surface area contributed by atoms with Gasteiger partial charge in [0.25, 0.3) is 0 Å². The van der Waals surface area contributed by atoms with Gasteiger partial charge in [0.2, 0.25) is 0 Å². The first-order valence-corrected chi connectivity index (χ1v) is 8.79. The lowest BCUT2D eigenvalue weighted by Gasteiger charge is -2.16. The molecule has 7 nitrogen and oxygen atoms in total. The fourth-order valence-electron chi connectivity index (χ4n) is 2.62. The number of benzene rings is 1. The molecule has 0 radical (unpaired) electrons. The molecule has 0 aliphatic heterocycles. The van der Waals surface area contributed by atoms with Crippen molar-refractivity contribution in [3.8, 4) is 5.69 Å². The van der Waals surface area contributed by atoms with E-state index >= 15 is 0 Å². The van der Waals surface area contributed by atoms with Gasteiger partial charge in [-0.2, -0.15) is 5.10 Å². The third-order valence-corrected chi connectivity index (χ3v) is 4.17. The van der Waals surface area contributed by atoms with Gasteiger partial charge < -0.3 is 9.64 Å². The average Bonchev–Trinajstić information content (AvgIpc) is 2.99. The first-order chi connectivity index (χ1) is 12.9. The minimum Gasteiger partial charge on any atom is -0.459 e. The second-order valence-corrected chi connectivity index (χ2v) is 6.62. The van der Waals surface area contributed by atoms with Crippen molar-refractivity contribution in [1.82, 2.24) is 20.0 Å². The van der Waals surface area contributed by atoms with Gasteiger partial charge in [0.1, 0.15) is 13.2 Å². The van der Waals surface area contributed by atoms with Crippen LogP contribution in [0.1, 0.15) is 17.0 Å². The highest BCUT2D eigenvalue weighted by Gasteiger charge is 2.11. The maximum absolute atomic E-state index is 12.1. The van der Waals surface area contributed by atoms with E-state index in [-0.39, 0.29) is 19.1 Å². The van der Waals surface area contributed by atoms with E-state index < -0.39 is 0 Å². The molecule has 0 unspecified atom stereocenters. The Morgan fingerprint density at radius 3 is 2.48 bits per heavy atom. The van der Waals surface area contributed by atoms with Gasteiger partial charge in [-0.15, -0.1) is 10.2 Å². The summed E-state index contributed by atoms with van der Waals surface area (Å²) in [6.45, 7) is 4.25. The van der Waals surface area contributed by atoms with Gasteiger partial charge in [-0.25, -0.2) is 4.68 Å². The second kappa shape index (κ2) is 8.18. The van der Waals surface area contributed by atoms with Crippen LogP contribution in [0.15, 0.2) is 42.5 Å². The van der Waals surface area contributed by atoms with Crippen molar-refractivity contribution in [2.75, 3.05) is 18.5 Å². The third kappa shape index (κ3) is 4.83. The number of ether oxygens (including phenoxy) is 1. The number of rotatable bonds is 6. The fourth-order valence-corrected chi connectivity index (χ4v) is 2.72. The number of nitrogens with zero attached hydrogens (tertiary/aromatic N) is 5. The van der Waals surface area contributed by atoms with Gasteiger partial charge in [-0.1, -0.05) is 23.7 Å². The molecule has 0 saturated carbocycles. The molecular formula is C19H20ClN5O2. The van der Waals surface area contributed by atoms with Crippen LogP contribution in [0, 0.1) is 13.8 Å². The number of esters is 1. The number of hydrogen-bond donors (Lipinski definition) is 0. The fraction of sp³-hybridized carbons (Fsp3) is 0.263. The molecule has 0 N–H and O–H groups in total. The quantitative estimate of drug-likeness (QED) is 0.607. The summed E-state index contributed by atoms with van der Waals surface area (Å²) in [7, 11) is 1.74. The Labute approximate surface area is 162 Å². The number of hydrogen-bond acceptors (Lipinski definition) is 6. The van der Waals surface area contributed by atoms with Gasteiger partial charge in [-0.05, 0) is 49.7 Å². The maximum atomic E-state index is 12.1. The Bertz CT molecular complexity index is 922. The Morgan fingerprint density at radius 2 is 1.89 bits per heavy atom. The summed E-state index contributed by atoms with van der Waals surface area (Å²) in [5.74, 6) is 0.197. The van der Waals surface area contributed by atoms with Gasteiger partial charge in [0.05, 0.1) is 11.4 Å². The number of carbonyl (C=O) groups excluding carboxylic acids is 1. The highest BCUT2D eigenvalue weighted by Crippen LogP contribution is 2.14. The standard InChI is InChI=1S/C19H20ClN5O2/c1-13-10-14(2)25(23-13)16-6-4-15(5-7-16)12-27-19(26)11-24(3)18-9-8-17(20)21-22-18/h4-10H,11-12H2,1-3H3. The number of halogens is 1. The first kappa shape index (κ1) is 18.8. The molecule has 0 aliphatic carbocycles. The molecular weight excluding hydrogens is 366 g/mol. The molecule has 3 aromatic rings. The van der Waals surface area contributed by atoms with Crippen LogP contribution in [0.3, 0.4) is 0 Å². The molecule has 0 saturated heterocycles. The zero-order chi connectivity index (χ0) is 19.4. The van der Waals surface area contributed by atoms with Crippen molar-refractivity contribution in [1.29, 1.82) is 0 Å². The largest absolute Gasteiger partial charge is 0.459 e. The zero-order valence-corrected chi connectivity index (χ0v) is 16.1. The molecule has 1 aromatic carbocycles. The average molecular weight is 386 g/mol. The normalized spacial score (nSPS) is 10.7. The Morgan fingerprint density at radius 1 is 1.15 bits per heavy atom. The molecule has 2 aromatic heterocycles. The maximum Gasteiger partial charge on any atom is 0.325 e. The van der Waals surface area contributed by atoms with Crippen LogP contribution in [-0.2, 0) is 16.1 Å². The number of carbonyl (C=O) groups is 1. The number of aryl methyl sites for hydroxylation is 2. The van der Waals surface area contributed by atoms with E-state index in [2.05, 4.69) is 15.3 Å². The molecule has 8 heteroatoms. The highest BCUT2D eigenvalue weighted by molar-refractivity contribution is 6.29. The summed E-state index contributed by atoms with van der Waals surface area (Å²) in [6.07, 6.45) is 0. The monoisotopic (exact) mass is 385 g/mol. The van der Waals surface area contributed by atoms with E-state index in [0.717, 1.165) is 22.6 Å². The van der Waals surface area contributed by atoms with E-state index in [1.807, 2.05) is 48.9 Å². The van der Waals surface area contributed by atoms with Gasteiger partial charge in [0, 0.05) is 12.7 Å². The van der Waals surface area contributed by atoms with Crippen molar-refractivity contribution in [3.63, 3.8) is 0 Å². The highest BCUT2D eigenvalue weighted by atomic mass is 35.5. The van der Waals surface area contributed by atoms with Gasteiger partial charge >= 0.3 is 5.97 Å². The number of likely N-dealkylation sites (N-methyl/N-ethyl adjacent to an activating group) is 1. The first-order valence-electron chi connectivity index (χ1n) is 8.41. The lowest BCUT2D eigenvalue weighted by Crippen LogP contribution is -2.27. The van der Waals surface area contributed by atoms with Crippen molar-refractivity contribution in [2.24, 2.45) is 0 Å². The second-order valence-electron chi connectivity index (χ2n) is 6.24. The zero-order valence-electron chi connectivity index (χ0n) is 15.4. The van der Waals surface area contributed by atoms with Crippen LogP contribution in [0.5, 0.6) is 0 Å². The minimum absolute atomic E-state index is 0.0696. The number of aromatic nitrogens is 4. The molecule has 0 spiro atoms. The Hall–Kier alpha value is -2.93. The molecule has 0 bridgehead atoms. The lowest BCUT2D eigenvalue weighted by atomic mass is 10.2. The van der Waals surface area contributed by atoms with E-state index in [0.29, 0.717) is 11.0 Å². The van der Waals surface area contributed by atoms with E-state index in [1.54, 1.807) is 24.1 Å². The van der Waals surface area contributed by atoms with Crippen molar-refractivity contribution >= 4 is 23.4 Å². The summed E-state index contributed by atoms with van der Waals surface area (Å²) in [5, 5.41) is 12.4. The molecule has 3 rings (SSSR count). The van der Waals surface area contributed by atoms with Crippen molar-refractivity contribution in [3.05, 3.63) is 64.6 Å². The topological polar surface area (TPSA) is 73.1 Å². The van der Waals surface area contributed by atoms with E-state index in [4.69, 9.17) is 16.3 Å². The van der Waals surface area contributed by atoms with Crippen LogP contribution in [0.2, 0.25) is 5.15 Å². The summed E-state index contributed by atoms with van der Waals surface area (Å²) in [4.78, 5) is 13.7. The SMILES string of the molecule is Cc1cc(C)n(-c2ccc(COC(=O)CN(C)c3ccc(Cl)nn3)cc2)n1. The van der Waals surface area contributed by atoms with E-state index in [9.17, 15) is 4.79 Å². The van der Waals surface area contributed by atoms with Crippen molar-refractivity contribution in [2.45, 2.75) is 20.5 Å². The summed E-state index contributed by atoms with van der Waals surface area (Å²) in [5.41, 5.74) is 3.92. The van der Waals surface area contributed by atoms with Crippen LogP contribution >= 0.6 is 11.6 Å². The Kier molecular flexibility index (Phi) is 5.71. The molecule has 0 atom stereocenters. The van der Waals surface area contributed by atoms with Gasteiger partial charge in [-0.3, -0.25) is 4.79 Å². The van der Waals surface area contributed by atoms with Gasteiger partial charge in [0.15, 0.2) is 11.0 Å². The number of anilines is 1. The third-order valence-electron chi connectivity index (χ3n) is 3.97. The molecule has 27 heavy (non-hydrogen) atoms. The van der Waals surface area contributed by atoms with Crippen LogP contribution in [0.25, 0.3) is 5.69 Å². The van der Waals surface area contributed by atoms with Crippen LogP contribution < -0.4 is 4.90 Å². The molecule has 140 valence electrons. The smallest absolute Gasteiger partial charge is 0.325 e. The molecule has 2 heterocycles. The van der Waals surface area contributed by atoms with Crippen LogP contribution in [0.4, 0.5) is 5.82 Å². The summed E-state index contributed by atoms with van der Waals surface area (Å²) >= 11 is 5.71.